The Hall–Kier alpha value is -1.59. The molecule has 160 valence electrons. The molecule has 3 nitrogen and oxygen atoms in total. The summed E-state index contributed by atoms with van der Waals surface area (Å²) < 4.78 is 6.87. The maximum Gasteiger partial charge on any atom is 0.134 e. The predicted molar refractivity (Wildman–Crippen MR) is 130 cm³/mol. The van der Waals surface area contributed by atoms with Crippen LogP contribution in [-0.2, 0) is 6.42 Å². The molecule has 0 aliphatic carbocycles. The molecule has 1 aliphatic rings. The summed E-state index contributed by atoms with van der Waals surface area (Å²) >= 11 is 3.65. The van der Waals surface area contributed by atoms with Crippen LogP contribution in [0.25, 0.3) is 10.8 Å². The standard InChI is InChI=1S/C25H28BrNO2.ClH/c26-25-23-9-5-4-8-21(23)10-11-24(25)29-18-22(28)17-27-14-12-20(13-15-27)16-19-6-2-1-3-7-19;/h1-11,20,22,28H,12-18H2;1H. The van der Waals surface area contributed by atoms with Crippen LogP contribution in [0.2, 0.25) is 0 Å². The van der Waals surface area contributed by atoms with Gasteiger partial charge in [0.1, 0.15) is 18.5 Å². The average Bonchev–Trinajstić information content (AvgIpc) is 2.76. The van der Waals surface area contributed by atoms with Crippen LogP contribution in [-0.4, -0.2) is 42.4 Å². The van der Waals surface area contributed by atoms with Gasteiger partial charge in [-0.25, -0.2) is 0 Å². The van der Waals surface area contributed by atoms with Gasteiger partial charge in [-0.05, 0) is 76.6 Å². The largest absolute Gasteiger partial charge is 0.490 e. The molecule has 1 saturated heterocycles. The summed E-state index contributed by atoms with van der Waals surface area (Å²) in [5.41, 5.74) is 1.43. The van der Waals surface area contributed by atoms with E-state index in [2.05, 4.69) is 69.4 Å². The molecule has 1 heterocycles. The third-order valence-corrected chi connectivity index (χ3v) is 6.62. The van der Waals surface area contributed by atoms with Gasteiger partial charge in [0.2, 0.25) is 0 Å². The lowest BCUT2D eigenvalue weighted by Gasteiger charge is -2.33. The lowest BCUT2D eigenvalue weighted by Crippen LogP contribution is -2.41. The van der Waals surface area contributed by atoms with Crippen molar-refractivity contribution >= 4 is 39.1 Å². The molecule has 5 heteroatoms. The van der Waals surface area contributed by atoms with Gasteiger partial charge in [-0.1, -0.05) is 60.7 Å². The number of ether oxygens (including phenoxy) is 1. The van der Waals surface area contributed by atoms with Gasteiger partial charge in [-0.15, -0.1) is 12.4 Å². The Balaban J connectivity index is 0.00000256. The van der Waals surface area contributed by atoms with Crippen molar-refractivity contribution in [3.8, 4) is 5.75 Å². The number of β-amino-alcohol motifs (C(OH)–C–C–N with tert-alkyl or cyclic N) is 1. The van der Waals surface area contributed by atoms with E-state index in [1.54, 1.807) is 0 Å². The number of likely N-dealkylation sites (tertiary alicyclic amines) is 1. The van der Waals surface area contributed by atoms with E-state index >= 15 is 0 Å². The summed E-state index contributed by atoms with van der Waals surface area (Å²) in [4.78, 5) is 2.37. The number of halogens is 2. The van der Waals surface area contributed by atoms with Gasteiger partial charge in [0.15, 0.2) is 0 Å². The van der Waals surface area contributed by atoms with Crippen molar-refractivity contribution in [1.82, 2.24) is 4.90 Å². The monoisotopic (exact) mass is 489 g/mol. The van der Waals surface area contributed by atoms with E-state index in [1.165, 1.54) is 23.8 Å². The minimum atomic E-state index is -0.487. The highest BCUT2D eigenvalue weighted by Crippen LogP contribution is 2.33. The first-order chi connectivity index (χ1) is 14.2. The Labute approximate surface area is 193 Å². The van der Waals surface area contributed by atoms with Crippen LogP contribution in [0, 0.1) is 5.92 Å². The fourth-order valence-electron chi connectivity index (χ4n) is 4.18. The van der Waals surface area contributed by atoms with Gasteiger partial charge in [0, 0.05) is 6.54 Å². The van der Waals surface area contributed by atoms with E-state index in [-0.39, 0.29) is 12.4 Å². The summed E-state index contributed by atoms with van der Waals surface area (Å²) in [6.45, 7) is 3.08. The fraction of sp³-hybridized carbons (Fsp3) is 0.360. The smallest absolute Gasteiger partial charge is 0.134 e. The van der Waals surface area contributed by atoms with Crippen molar-refractivity contribution in [2.75, 3.05) is 26.2 Å². The van der Waals surface area contributed by atoms with Crippen molar-refractivity contribution < 1.29 is 9.84 Å². The Kier molecular flexibility index (Phi) is 8.58. The number of hydrogen-bond donors (Lipinski definition) is 1. The molecule has 0 spiro atoms. The summed E-state index contributed by atoms with van der Waals surface area (Å²) in [7, 11) is 0. The van der Waals surface area contributed by atoms with E-state index in [0.717, 1.165) is 41.0 Å². The molecule has 30 heavy (non-hydrogen) atoms. The first kappa shape index (κ1) is 23.1. The van der Waals surface area contributed by atoms with Gasteiger partial charge in [-0.2, -0.15) is 0 Å². The zero-order valence-corrected chi connectivity index (χ0v) is 19.4. The third kappa shape index (κ3) is 5.98. The summed E-state index contributed by atoms with van der Waals surface area (Å²) in [6, 6.07) is 23.0. The number of piperidine rings is 1. The maximum atomic E-state index is 10.5. The zero-order chi connectivity index (χ0) is 20.1. The molecule has 0 amide bonds. The third-order valence-electron chi connectivity index (χ3n) is 5.80. The molecule has 1 fully saturated rings. The number of aliphatic hydroxyl groups excluding tert-OH is 1. The highest BCUT2D eigenvalue weighted by atomic mass is 79.9. The molecule has 1 aliphatic heterocycles. The van der Waals surface area contributed by atoms with Gasteiger partial charge in [0.05, 0.1) is 4.47 Å². The Morgan fingerprint density at radius 1 is 0.967 bits per heavy atom. The number of aliphatic hydroxyl groups is 1. The lowest BCUT2D eigenvalue weighted by atomic mass is 9.90. The highest BCUT2D eigenvalue weighted by molar-refractivity contribution is 9.10. The van der Waals surface area contributed by atoms with Crippen LogP contribution in [0.5, 0.6) is 5.75 Å². The van der Waals surface area contributed by atoms with E-state index in [4.69, 9.17) is 4.74 Å². The number of fused-ring (bicyclic) bond motifs is 1. The van der Waals surface area contributed by atoms with Crippen LogP contribution in [0.4, 0.5) is 0 Å². The van der Waals surface area contributed by atoms with Gasteiger partial charge in [0.25, 0.3) is 0 Å². The zero-order valence-electron chi connectivity index (χ0n) is 17.0. The van der Waals surface area contributed by atoms with E-state index in [0.29, 0.717) is 13.2 Å². The predicted octanol–water partition coefficient (Wildman–Crippen LogP) is 5.72. The molecule has 1 atom stereocenters. The minimum Gasteiger partial charge on any atom is -0.490 e. The summed E-state index contributed by atoms with van der Waals surface area (Å²) in [6.07, 6.45) is 3.06. The van der Waals surface area contributed by atoms with Gasteiger partial charge in [-0.3, -0.25) is 0 Å². The average molecular weight is 491 g/mol. The molecular weight excluding hydrogens is 462 g/mol. The minimum absolute atomic E-state index is 0. The number of rotatable bonds is 7. The lowest BCUT2D eigenvalue weighted by molar-refractivity contribution is 0.0549. The van der Waals surface area contributed by atoms with Crippen molar-refractivity contribution in [1.29, 1.82) is 0 Å². The second-order valence-corrected chi connectivity index (χ2v) is 8.79. The second-order valence-electron chi connectivity index (χ2n) is 8.00. The Bertz CT molecular complexity index is 929. The van der Waals surface area contributed by atoms with Crippen molar-refractivity contribution in [2.45, 2.75) is 25.4 Å². The Morgan fingerprint density at radius 3 is 2.43 bits per heavy atom. The van der Waals surface area contributed by atoms with Crippen LogP contribution >= 0.6 is 28.3 Å². The summed E-state index contributed by atoms with van der Waals surface area (Å²) in [5, 5.41) is 12.8. The van der Waals surface area contributed by atoms with Gasteiger partial charge < -0.3 is 14.7 Å². The van der Waals surface area contributed by atoms with E-state index in [1.807, 2.05) is 18.2 Å². The highest BCUT2D eigenvalue weighted by Gasteiger charge is 2.21. The van der Waals surface area contributed by atoms with Crippen LogP contribution < -0.4 is 4.74 Å². The van der Waals surface area contributed by atoms with Crippen molar-refractivity contribution in [3.63, 3.8) is 0 Å². The fourth-order valence-corrected chi connectivity index (χ4v) is 4.79. The molecule has 1 N–H and O–H groups in total. The van der Waals surface area contributed by atoms with E-state index in [9.17, 15) is 5.11 Å². The second kappa shape index (κ2) is 11.1. The molecule has 1 unspecified atom stereocenters. The first-order valence-corrected chi connectivity index (χ1v) is 11.2. The van der Waals surface area contributed by atoms with Crippen molar-refractivity contribution in [3.05, 3.63) is 76.8 Å². The molecule has 0 saturated carbocycles. The molecule has 0 aromatic heterocycles. The number of nitrogens with zero attached hydrogens (tertiary/aromatic N) is 1. The maximum absolute atomic E-state index is 10.5. The number of hydrogen-bond acceptors (Lipinski definition) is 3. The normalized spacial score (nSPS) is 16.2. The van der Waals surface area contributed by atoms with Gasteiger partial charge >= 0.3 is 0 Å². The topological polar surface area (TPSA) is 32.7 Å². The molecular formula is C25H29BrClNO2. The Morgan fingerprint density at radius 2 is 1.67 bits per heavy atom. The molecule has 0 radical (unpaired) electrons. The van der Waals surface area contributed by atoms with Crippen LogP contribution in [0.15, 0.2) is 71.2 Å². The van der Waals surface area contributed by atoms with E-state index < -0.39 is 6.10 Å². The number of benzene rings is 3. The van der Waals surface area contributed by atoms with Crippen molar-refractivity contribution in [2.24, 2.45) is 5.92 Å². The SMILES string of the molecule is Cl.OC(COc1ccc2ccccc2c1Br)CN1CCC(Cc2ccccc2)CC1. The summed E-state index contributed by atoms with van der Waals surface area (Å²) in [5.74, 6) is 1.53. The van der Waals surface area contributed by atoms with Crippen LogP contribution in [0.3, 0.4) is 0 Å². The molecule has 4 rings (SSSR count). The first-order valence-electron chi connectivity index (χ1n) is 10.4. The van der Waals surface area contributed by atoms with Crippen LogP contribution in [0.1, 0.15) is 18.4 Å². The quantitative estimate of drug-likeness (QED) is 0.460. The molecule has 3 aromatic rings. The molecule has 0 bridgehead atoms. The molecule has 3 aromatic carbocycles.